The number of hydrogen-bond donors (Lipinski definition) is 0. The maximum atomic E-state index is 13.5. The third-order valence-corrected chi connectivity index (χ3v) is 2.89. The van der Waals surface area contributed by atoms with Crippen molar-refractivity contribution in [3.8, 4) is 17.2 Å². The van der Waals surface area contributed by atoms with Crippen molar-refractivity contribution in [1.82, 2.24) is 0 Å². The van der Waals surface area contributed by atoms with Gasteiger partial charge in [0.25, 0.3) is 0 Å². The lowest BCUT2D eigenvalue weighted by Crippen LogP contribution is -1.86. The Morgan fingerprint density at radius 1 is 1.06 bits per heavy atom. The third kappa shape index (κ3) is 2.41. The van der Waals surface area contributed by atoms with Crippen LogP contribution in [0.5, 0.6) is 0 Å². The zero-order valence-electron chi connectivity index (χ0n) is 8.55. The molecule has 0 radical (unpaired) electrons. The molecule has 0 saturated heterocycles. The molecule has 0 aliphatic carbocycles. The van der Waals surface area contributed by atoms with Gasteiger partial charge in [-0.1, -0.05) is 29.3 Å². The van der Waals surface area contributed by atoms with Gasteiger partial charge < -0.3 is 0 Å². The van der Waals surface area contributed by atoms with E-state index in [2.05, 4.69) is 0 Å². The summed E-state index contributed by atoms with van der Waals surface area (Å²) in [7, 11) is 0. The van der Waals surface area contributed by atoms with Crippen molar-refractivity contribution in [3.63, 3.8) is 0 Å². The van der Waals surface area contributed by atoms with Gasteiger partial charge in [0.15, 0.2) is 0 Å². The summed E-state index contributed by atoms with van der Waals surface area (Å²) in [4.78, 5) is 0. The molecule has 0 N–H and O–H groups in total. The molecule has 1 nitrogen and oxygen atoms in total. The van der Waals surface area contributed by atoms with Crippen LogP contribution in [-0.2, 0) is 0 Å². The van der Waals surface area contributed by atoms with Gasteiger partial charge in [0.2, 0.25) is 0 Å². The van der Waals surface area contributed by atoms with Crippen LogP contribution in [0.25, 0.3) is 11.1 Å². The second-order valence-corrected chi connectivity index (χ2v) is 4.27. The van der Waals surface area contributed by atoms with Gasteiger partial charge >= 0.3 is 0 Å². The zero-order chi connectivity index (χ0) is 12.4. The average Bonchev–Trinajstić information content (AvgIpc) is 2.32. The van der Waals surface area contributed by atoms with Crippen LogP contribution < -0.4 is 0 Å². The first-order chi connectivity index (χ1) is 8.11. The van der Waals surface area contributed by atoms with Crippen LogP contribution in [0.1, 0.15) is 5.56 Å². The molecule has 0 bridgehead atoms. The molecular formula is C13H6Cl2FN. The minimum Gasteiger partial charge on any atom is -0.206 e. The van der Waals surface area contributed by atoms with Crippen molar-refractivity contribution in [3.05, 3.63) is 57.8 Å². The van der Waals surface area contributed by atoms with E-state index in [1.54, 1.807) is 30.3 Å². The Kier molecular flexibility index (Phi) is 3.33. The van der Waals surface area contributed by atoms with E-state index in [0.29, 0.717) is 21.2 Å². The van der Waals surface area contributed by atoms with E-state index in [1.165, 1.54) is 12.1 Å². The molecule has 0 amide bonds. The van der Waals surface area contributed by atoms with Gasteiger partial charge in [-0.15, -0.1) is 0 Å². The standard InChI is InChI=1S/C13H6Cl2FN/c14-10-3-4-12(15)11(6-10)8-1-2-9(7-17)13(16)5-8/h1-6H. The largest absolute Gasteiger partial charge is 0.206 e. The first-order valence-corrected chi connectivity index (χ1v) is 5.52. The van der Waals surface area contributed by atoms with E-state index in [0.717, 1.165) is 0 Å². The summed E-state index contributed by atoms with van der Waals surface area (Å²) in [5, 5.41) is 9.65. The number of hydrogen-bond acceptors (Lipinski definition) is 1. The number of rotatable bonds is 1. The number of benzene rings is 2. The first kappa shape index (κ1) is 11.9. The molecule has 0 heterocycles. The Morgan fingerprint density at radius 2 is 1.82 bits per heavy atom. The highest BCUT2D eigenvalue weighted by Gasteiger charge is 2.08. The van der Waals surface area contributed by atoms with Gasteiger partial charge in [0.05, 0.1) is 5.56 Å². The lowest BCUT2D eigenvalue weighted by atomic mass is 10.0. The Balaban J connectivity index is 2.58. The van der Waals surface area contributed by atoms with E-state index in [4.69, 9.17) is 28.5 Å². The SMILES string of the molecule is N#Cc1ccc(-c2cc(Cl)ccc2Cl)cc1F. The first-order valence-electron chi connectivity index (χ1n) is 4.77. The fourth-order valence-electron chi connectivity index (χ4n) is 1.49. The van der Waals surface area contributed by atoms with Crippen LogP contribution in [0.15, 0.2) is 36.4 Å². The van der Waals surface area contributed by atoms with Gasteiger partial charge in [-0.2, -0.15) is 5.26 Å². The molecule has 17 heavy (non-hydrogen) atoms. The lowest BCUT2D eigenvalue weighted by Gasteiger charge is -2.05. The van der Waals surface area contributed by atoms with Crippen molar-refractivity contribution >= 4 is 23.2 Å². The molecule has 2 rings (SSSR count). The zero-order valence-corrected chi connectivity index (χ0v) is 10.1. The predicted octanol–water partition coefficient (Wildman–Crippen LogP) is 4.67. The monoisotopic (exact) mass is 265 g/mol. The highest BCUT2D eigenvalue weighted by atomic mass is 35.5. The van der Waals surface area contributed by atoms with Crippen molar-refractivity contribution < 1.29 is 4.39 Å². The number of halogens is 3. The summed E-state index contributed by atoms with van der Waals surface area (Å²) in [6.45, 7) is 0. The molecule has 84 valence electrons. The van der Waals surface area contributed by atoms with Gasteiger partial charge in [-0.3, -0.25) is 0 Å². The quantitative estimate of drug-likeness (QED) is 0.735. The second kappa shape index (κ2) is 4.75. The Bertz CT molecular complexity index is 617. The van der Waals surface area contributed by atoms with Crippen molar-refractivity contribution in [2.75, 3.05) is 0 Å². The predicted molar refractivity (Wildman–Crippen MR) is 66.6 cm³/mol. The van der Waals surface area contributed by atoms with Gasteiger partial charge in [0.1, 0.15) is 11.9 Å². The summed E-state index contributed by atoms with van der Waals surface area (Å²) in [5.74, 6) is -0.568. The van der Waals surface area contributed by atoms with Crippen molar-refractivity contribution in [1.29, 1.82) is 5.26 Å². The number of nitrogens with zero attached hydrogens (tertiary/aromatic N) is 1. The molecule has 0 aliphatic rings. The van der Waals surface area contributed by atoms with E-state index >= 15 is 0 Å². The molecule has 0 spiro atoms. The normalized spacial score (nSPS) is 10.0. The molecule has 2 aromatic carbocycles. The molecule has 2 aromatic rings. The van der Waals surface area contributed by atoms with Crippen LogP contribution in [0, 0.1) is 17.1 Å². The van der Waals surface area contributed by atoms with Crippen molar-refractivity contribution in [2.45, 2.75) is 0 Å². The Labute approximate surface area is 108 Å². The summed E-state index contributed by atoms with van der Waals surface area (Å²) >= 11 is 11.9. The highest BCUT2D eigenvalue weighted by molar-refractivity contribution is 6.35. The molecular weight excluding hydrogens is 260 g/mol. The van der Waals surface area contributed by atoms with Crippen LogP contribution in [0.2, 0.25) is 10.0 Å². The average molecular weight is 266 g/mol. The van der Waals surface area contributed by atoms with E-state index in [9.17, 15) is 4.39 Å². The molecule has 4 heteroatoms. The van der Waals surface area contributed by atoms with E-state index in [-0.39, 0.29) is 5.56 Å². The summed E-state index contributed by atoms with van der Waals surface area (Å²) in [6.07, 6.45) is 0. The smallest absolute Gasteiger partial charge is 0.141 e. The maximum absolute atomic E-state index is 13.5. The van der Waals surface area contributed by atoms with E-state index < -0.39 is 5.82 Å². The van der Waals surface area contributed by atoms with Gasteiger partial charge in [-0.05, 0) is 35.9 Å². The molecule has 0 aliphatic heterocycles. The fourth-order valence-corrected chi connectivity index (χ4v) is 1.89. The molecule has 0 saturated carbocycles. The van der Waals surface area contributed by atoms with Gasteiger partial charge in [-0.25, -0.2) is 4.39 Å². The van der Waals surface area contributed by atoms with Crippen LogP contribution >= 0.6 is 23.2 Å². The highest BCUT2D eigenvalue weighted by Crippen LogP contribution is 2.31. The maximum Gasteiger partial charge on any atom is 0.141 e. The summed E-state index contributed by atoms with van der Waals surface area (Å²) < 4.78 is 13.5. The Morgan fingerprint density at radius 3 is 2.47 bits per heavy atom. The van der Waals surface area contributed by atoms with Crippen LogP contribution in [-0.4, -0.2) is 0 Å². The molecule has 0 atom stereocenters. The fraction of sp³-hybridized carbons (Fsp3) is 0. The number of nitriles is 1. The van der Waals surface area contributed by atoms with Gasteiger partial charge in [0, 0.05) is 15.6 Å². The van der Waals surface area contributed by atoms with Crippen LogP contribution in [0.3, 0.4) is 0 Å². The third-order valence-electron chi connectivity index (χ3n) is 2.33. The topological polar surface area (TPSA) is 23.8 Å². The minimum absolute atomic E-state index is 0.00639. The summed E-state index contributed by atoms with van der Waals surface area (Å²) in [6, 6.07) is 11.1. The Hall–Kier alpha value is -1.56. The minimum atomic E-state index is -0.568. The van der Waals surface area contributed by atoms with Crippen molar-refractivity contribution in [2.24, 2.45) is 0 Å². The van der Waals surface area contributed by atoms with Crippen LogP contribution in [0.4, 0.5) is 4.39 Å². The molecule has 0 fully saturated rings. The molecule has 0 aromatic heterocycles. The van der Waals surface area contributed by atoms with E-state index in [1.807, 2.05) is 0 Å². The second-order valence-electron chi connectivity index (χ2n) is 3.43. The summed E-state index contributed by atoms with van der Waals surface area (Å²) in [5.41, 5.74) is 1.24. The molecule has 0 unspecified atom stereocenters. The lowest BCUT2D eigenvalue weighted by molar-refractivity contribution is 0.624.